The predicted octanol–water partition coefficient (Wildman–Crippen LogP) is 6.77. The SMILES string of the molecule is CCc1cc(C(=O)OC(=O)C(F)(F)F)c(=O)[nH]c1-c1ccc(N2C[C@H]3CC[C@@H](N(Cc4ccccc4)Cc4ccccc4)[C@H]3C2)cc1. The highest BCUT2D eigenvalue weighted by Crippen LogP contribution is 2.43. The number of fused-ring (bicyclic) bond motifs is 1. The molecule has 1 saturated carbocycles. The van der Waals surface area contributed by atoms with Crippen LogP contribution in [-0.4, -0.2) is 47.1 Å². The van der Waals surface area contributed by atoms with E-state index in [1.54, 1.807) is 6.92 Å². The Morgan fingerprint density at radius 3 is 2.09 bits per heavy atom. The molecular weight excluding hydrogens is 607 g/mol. The molecule has 3 atom stereocenters. The van der Waals surface area contributed by atoms with E-state index in [4.69, 9.17) is 0 Å². The highest BCUT2D eigenvalue weighted by atomic mass is 19.4. The number of aromatic amines is 1. The van der Waals surface area contributed by atoms with Crippen molar-refractivity contribution in [2.45, 2.75) is 51.5 Å². The number of esters is 2. The lowest BCUT2D eigenvalue weighted by Gasteiger charge is -2.33. The number of hydrogen-bond donors (Lipinski definition) is 1. The second-order valence-electron chi connectivity index (χ2n) is 12.3. The van der Waals surface area contributed by atoms with E-state index >= 15 is 0 Å². The number of ether oxygens (including phenoxy) is 1. The molecule has 0 spiro atoms. The summed E-state index contributed by atoms with van der Waals surface area (Å²) in [7, 11) is 0. The number of nitrogens with zero attached hydrogens (tertiary/aromatic N) is 2. The Morgan fingerprint density at radius 2 is 1.51 bits per heavy atom. The van der Waals surface area contributed by atoms with Crippen molar-refractivity contribution in [3.8, 4) is 11.3 Å². The molecule has 0 radical (unpaired) electrons. The number of aryl methyl sites for hydroxylation is 1. The molecule has 2 aliphatic rings. The fourth-order valence-corrected chi connectivity index (χ4v) is 7.12. The average molecular weight is 644 g/mol. The number of hydrogen-bond acceptors (Lipinski definition) is 6. The second kappa shape index (κ2) is 13.6. The van der Waals surface area contributed by atoms with E-state index < -0.39 is 29.2 Å². The van der Waals surface area contributed by atoms with Gasteiger partial charge in [-0.3, -0.25) is 9.69 Å². The van der Waals surface area contributed by atoms with Crippen molar-refractivity contribution < 1.29 is 27.5 Å². The summed E-state index contributed by atoms with van der Waals surface area (Å²) >= 11 is 0. The van der Waals surface area contributed by atoms with Gasteiger partial charge in [0.1, 0.15) is 5.56 Å². The summed E-state index contributed by atoms with van der Waals surface area (Å²) in [5.74, 6) is -3.19. The summed E-state index contributed by atoms with van der Waals surface area (Å²) in [6, 6.07) is 30.7. The molecule has 0 amide bonds. The van der Waals surface area contributed by atoms with Crippen molar-refractivity contribution in [1.82, 2.24) is 9.88 Å². The monoisotopic (exact) mass is 643 g/mol. The minimum absolute atomic E-state index is 0.376. The molecule has 2 heterocycles. The summed E-state index contributed by atoms with van der Waals surface area (Å²) in [5.41, 5.74) is 3.77. The van der Waals surface area contributed by atoms with E-state index in [9.17, 15) is 27.6 Å². The fraction of sp³-hybridized carbons (Fsp3) is 0.324. The van der Waals surface area contributed by atoms with Crippen molar-refractivity contribution in [2.24, 2.45) is 11.8 Å². The van der Waals surface area contributed by atoms with Crippen LogP contribution in [0.1, 0.15) is 46.8 Å². The first kappa shape index (κ1) is 32.2. The molecule has 0 bridgehead atoms. The normalized spacial score (nSPS) is 19.2. The number of carbonyl (C=O) groups is 2. The standard InChI is InChI=1S/C37H36F3N3O4/c1-2-26-19-30(35(45)47-36(46)37(38,39)40)34(44)41-33(26)27-13-16-29(17-14-27)42-22-28-15-18-32(31(28)23-42)43(20-24-9-5-3-6-10-24)21-25-11-7-4-8-12-25/h3-14,16-17,19,28,31-32H,2,15,18,20-23H2,1H3,(H,41,44)/t28-,31+,32-/m1/s1. The van der Waals surface area contributed by atoms with Crippen LogP contribution in [0.5, 0.6) is 0 Å². The number of anilines is 1. The second-order valence-corrected chi connectivity index (χ2v) is 12.3. The van der Waals surface area contributed by atoms with Gasteiger partial charge in [0.15, 0.2) is 0 Å². The van der Waals surface area contributed by atoms with Crippen LogP contribution in [-0.2, 0) is 29.0 Å². The number of rotatable bonds is 9. The number of carbonyl (C=O) groups excluding carboxylic acids is 2. The van der Waals surface area contributed by atoms with E-state index in [-0.39, 0.29) is 0 Å². The number of nitrogens with one attached hydrogen (secondary N) is 1. The van der Waals surface area contributed by atoms with Gasteiger partial charge in [-0.2, -0.15) is 13.2 Å². The predicted molar refractivity (Wildman–Crippen MR) is 173 cm³/mol. The van der Waals surface area contributed by atoms with E-state index in [1.165, 1.54) is 30.0 Å². The lowest BCUT2D eigenvalue weighted by Crippen LogP contribution is -2.39. The van der Waals surface area contributed by atoms with Crippen molar-refractivity contribution in [2.75, 3.05) is 18.0 Å². The zero-order valence-corrected chi connectivity index (χ0v) is 26.0. The van der Waals surface area contributed by atoms with Gasteiger partial charge in [-0.15, -0.1) is 0 Å². The molecule has 2 fully saturated rings. The molecule has 4 aromatic rings. The molecule has 0 unspecified atom stereocenters. The third kappa shape index (κ3) is 7.17. The summed E-state index contributed by atoms with van der Waals surface area (Å²) in [5, 5.41) is 0. The summed E-state index contributed by atoms with van der Waals surface area (Å²) < 4.78 is 41.6. The fourth-order valence-electron chi connectivity index (χ4n) is 7.12. The smallest absolute Gasteiger partial charge is 0.382 e. The van der Waals surface area contributed by atoms with Gasteiger partial charge in [-0.1, -0.05) is 79.7 Å². The van der Waals surface area contributed by atoms with Gasteiger partial charge in [-0.05, 0) is 71.6 Å². The molecular formula is C37H36F3N3O4. The van der Waals surface area contributed by atoms with Crippen molar-refractivity contribution >= 4 is 17.6 Å². The summed E-state index contributed by atoms with van der Waals surface area (Å²) in [4.78, 5) is 43.7. The van der Waals surface area contributed by atoms with E-state index in [0.29, 0.717) is 41.1 Å². The van der Waals surface area contributed by atoms with Crippen LogP contribution >= 0.6 is 0 Å². The van der Waals surface area contributed by atoms with Gasteiger partial charge in [-0.25, -0.2) is 9.59 Å². The Morgan fingerprint density at radius 1 is 0.894 bits per heavy atom. The van der Waals surface area contributed by atoms with Crippen LogP contribution in [0, 0.1) is 11.8 Å². The maximum atomic E-state index is 12.7. The Balaban J connectivity index is 1.18. The Hall–Kier alpha value is -4.70. The van der Waals surface area contributed by atoms with Crippen LogP contribution < -0.4 is 10.5 Å². The Bertz CT molecular complexity index is 1730. The largest absolute Gasteiger partial charge is 0.491 e. The van der Waals surface area contributed by atoms with Crippen LogP contribution in [0.15, 0.2) is 95.8 Å². The Labute approximate surface area is 271 Å². The molecule has 47 heavy (non-hydrogen) atoms. The summed E-state index contributed by atoms with van der Waals surface area (Å²) in [6.07, 6.45) is -2.63. The molecule has 1 aromatic heterocycles. The number of halogens is 3. The van der Waals surface area contributed by atoms with Crippen LogP contribution in [0.4, 0.5) is 18.9 Å². The third-order valence-electron chi connectivity index (χ3n) is 9.41. The maximum absolute atomic E-state index is 12.7. The summed E-state index contributed by atoms with van der Waals surface area (Å²) in [6.45, 7) is 5.49. The minimum Gasteiger partial charge on any atom is -0.382 e. The average Bonchev–Trinajstić information content (AvgIpc) is 3.66. The zero-order chi connectivity index (χ0) is 33.1. The van der Waals surface area contributed by atoms with Crippen molar-refractivity contribution in [3.63, 3.8) is 0 Å². The molecule has 1 aliphatic carbocycles. The zero-order valence-electron chi connectivity index (χ0n) is 26.0. The van der Waals surface area contributed by atoms with E-state index in [1.807, 2.05) is 24.3 Å². The number of alkyl halides is 3. The van der Waals surface area contributed by atoms with Gasteiger partial charge < -0.3 is 14.6 Å². The van der Waals surface area contributed by atoms with Gasteiger partial charge in [0.25, 0.3) is 5.56 Å². The number of aromatic nitrogens is 1. The van der Waals surface area contributed by atoms with Crippen LogP contribution in [0.25, 0.3) is 11.3 Å². The Kier molecular flexibility index (Phi) is 9.31. The lowest BCUT2D eigenvalue weighted by molar-refractivity contribution is -0.193. The number of pyridine rings is 1. The van der Waals surface area contributed by atoms with Gasteiger partial charge in [0.05, 0.1) is 5.69 Å². The van der Waals surface area contributed by atoms with Gasteiger partial charge in [0, 0.05) is 37.9 Å². The van der Waals surface area contributed by atoms with Crippen molar-refractivity contribution in [3.05, 3.63) is 124 Å². The molecule has 1 N–H and O–H groups in total. The third-order valence-corrected chi connectivity index (χ3v) is 9.41. The lowest BCUT2D eigenvalue weighted by atomic mass is 9.96. The topological polar surface area (TPSA) is 82.7 Å². The quantitative estimate of drug-likeness (QED) is 0.160. The molecule has 7 nitrogen and oxygen atoms in total. The molecule has 1 saturated heterocycles. The molecule has 6 rings (SSSR count). The first-order valence-electron chi connectivity index (χ1n) is 15.9. The first-order chi connectivity index (χ1) is 22.6. The number of benzene rings is 3. The highest BCUT2D eigenvalue weighted by Gasteiger charge is 2.45. The molecule has 244 valence electrons. The highest BCUT2D eigenvalue weighted by molar-refractivity contribution is 5.98. The maximum Gasteiger partial charge on any atom is 0.491 e. The van der Waals surface area contributed by atoms with E-state index in [2.05, 4.69) is 80.2 Å². The van der Waals surface area contributed by atoms with Crippen molar-refractivity contribution in [1.29, 1.82) is 0 Å². The van der Waals surface area contributed by atoms with E-state index in [0.717, 1.165) is 31.9 Å². The first-order valence-corrected chi connectivity index (χ1v) is 15.9. The molecule has 1 aliphatic heterocycles. The molecule has 3 aromatic carbocycles. The van der Waals surface area contributed by atoms with Gasteiger partial charge in [0.2, 0.25) is 0 Å². The minimum atomic E-state index is -5.35. The molecule has 10 heteroatoms. The number of H-pyrrole nitrogens is 1. The van der Waals surface area contributed by atoms with Crippen LogP contribution in [0.2, 0.25) is 0 Å². The van der Waals surface area contributed by atoms with Crippen LogP contribution in [0.3, 0.4) is 0 Å². The van der Waals surface area contributed by atoms with Gasteiger partial charge >= 0.3 is 18.1 Å².